The molecule has 0 unspecified atom stereocenters. The second kappa shape index (κ2) is 11.3. The Morgan fingerprint density at radius 1 is 0.305 bits per heavy atom. The highest BCUT2D eigenvalue weighted by molar-refractivity contribution is 6.30. The van der Waals surface area contributed by atoms with E-state index in [-0.39, 0.29) is 0 Å². The minimum absolute atomic E-state index is 0.858. The maximum Gasteiger partial charge on any atom is 0.165 e. The van der Waals surface area contributed by atoms with Crippen LogP contribution in [0.15, 0.2) is 188 Å². The van der Waals surface area contributed by atoms with E-state index in [1.807, 2.05) is 12.1 Å². The van der Waals surface area contributed by atoms with Crippen LogP contribution < -0.4 is 0 Å². The number of benzene rings is 9. The molecule has 0 atom stereocenters. The Kier molecular flexibility index (Phi) is 5.96. The van der Waals surface area contributed by atoms with Gasteiger partial charge in [0.05, 0.1) is 44.1 Å². The number of nitrogens with zero attached hydrogens (tertiary/aromatic N) is 5. The summed E-state index contributed by atoms with van der Waals surface area (Å²) >= 11 is 0. The van der Waals surface area contributed by atoms with Crippen LogP contribution in [0.1, 0.15) is 0 Å². The Hall–Kier alpha value is -8.02. The van der Waals surface area contributed by atoms with Crippen LogP contribution in [0, 0.1) is 0 Å². The Balaban J connectivity index is 1.11. The lowest BCUT2D eigenvalue weighted by Gasteiger charge is -2.14. The van der Waals surface area contributed by atoms with Gasteiger partial charge in [-0.15, -0.1) is 0 Å². The van der Waals surface area contributed by atoms with Gasteiger partial charge in [-0.1, -0.05) is 121 Å². The SMILES string of the molecule is c1ccc(-n2c3ccccc3c3c4ccc5c(c4ccc32)c2ccccc2n5-c2cc3c4c(c2)c2ccccc2n4-c2nc4ccccc4nc2-c2ccccc2-3)cc1. The van der Waals surface area contributed by atoms with Gasteiger partial charge in [0, 0.05) is 54.8 Å². The molecule has 1 aliphatic heterocycles. The lowest BCUT2D eigenvalue weighted by Crippen LogP contribution is -2.02. The summed E-state index contributed by atoms with van der Waals surface area (Å²) in [7, 11) is 0. The number of hydrogen-bond donors (Lipinski definition) is 0. The molecule has 9 aromatic carbocycles. The van der Waals surface area contributed by atoms with E-state index in [0.29, 0.717) is 0 Å². The van der Waals surface area contributed by atoms with Crippen molar-refractivity contribution < 1.29 is 0 Å². The first-order valence-electron chi connectivity index (χ1n) is 20.2. The third kappa shape index (κ3) is 4.03. The fourth-order valence-electron chi connectivity index (χ4n) is 10.4. The first-order valence-corrected chi connectivity index (χ1v) is 20.2. The van der Waals surface area contributed by atoms with Crippen molar-refractivity contribution in [3.63, 3.8) is 0 Å². The lowest BCUT2D eigenvalue weighted by molar-refractivity contribution is 1.08. The maximum atomic E-state index is 5.36. The van der Waals surface area contributed by atoms with E-state index in [4.69, 9.17) is 9.97 Å². The monoisotopic (exact) mass is 749 g/mol. The predicted octanol–water partition coefficient (Wildman–Crippen LogP) is 13.7. The van der Waals surface area contributed by atoms with E-state index in [9.17, 15) is 0 Å². The number of fused-ring (bicyclic) bond motifs is 18. The zero-order valence-electron chi connectivity index (χ0n) is 31.6. The number of hydrogen-bond acceptors (Lipinski definition) is 2. The molecule has 272 valence electrons. The van der Waals surface area contributed by atoms with Crippen molar-refractivity contribution in [1.29, 1.82) is 0 Å². The molecule has 0 bridgehead atoms. The van der Waals surface area contributed by atoms with Crippen LogP contribution in [0.25, 0.3) is 127 Å². The van der Waals surface area contributed by atoms with Crippen LogP contribution in [0.3, 0.4) is 0 Å². The topological polar surface area (TPSA) is 40.6 Å². The zero-order chi connectivity index (χ0) is 38.3. The summed E-state index contributed by atoms with van der Waals surface area (Å²) in [6.07, 6.45) is 0. The van der Waals surface area contributed by atoms with Gasteiger partial charge in [0.2, 0.25) is 0 Å². The van der Waals surface area contributed by atoms with Crippen molar-refractivity contribution in [3.8, 4) is 39.6 Å². The molecular formula is C54H31N5. The van der Waals surface area contributed by atoms with Crippen LogP contribution in [0.4, 0.5) is 0 Å². The molecule has 0 spiro atoms. The molecule has 0 aliphatic carbocycles. The molecule has 0 saturated carbocycles. The van der Waals surface area contributed by atoms with Crippen molar-refractivity contribution in [2.24, 2.45) is 0 Å². The fraction of sp³-hybridized carbons (Fsp3) is 0. The highest BCUT2D eigenvalue weighted by Crippen LogP contribution is 2.48. The highest BCUT2D eigenvalue weighted by atomic mass is 15.1. The number of rotatable bonds is 2. The smallest absolute Gasteiger partial charge is 0.165 e. The van der Waals surface area contributed by atoms with Gasteiger partial charge in [-0.2, -0.15) is 0 Å². The van der Waals surface area contributed by atoms with E-state index >= 15 is 0 Å². The molecule has 0 saturated heterocycles. The Labute approximate surface area is 337 Å². The molecule has 5 heteroatoms. The Morgan fingerprint density at radius 2 is 0.831 bits per heavy atom. The summed E-state index contributed by atoms with van der Waals surface area (Å²) in [6.45, 7) is 0. The van der Waals surface area contributed by atoms with Gasteiger partial charge >= 0.3 is 0 Å². The molecule has 0 amide bonds. The fourth-order valence-corrected chi connectivity index (χ4v) is 10.4. The van der Waals surface area contributed by atoms with Crippen LogP contribution in [0.2, 0.25) is 0 Å². The molecule has 0 N–H and O–H groups in total. The summed E-state index contributed by atoms with van der Waals surface area (Å²) in [5.74, 6) is 0.858. The molecular weight excluding hydrogens is 719 g/mol. The van der Waals surface area contributed by atoms with Crippen molar-refractivity contribution >= 4 is 87.2 Å². The van der Waals surface area contributed by atoms with Crippen molar-refractivity contribution in [2.75, 3.05) is 0 Å². The van der Waals surface area contributed by atoms with Crippen molar-refractivity contribution in [1.82, 2.24) is 23.7 Å². The average molecular weight is 750 g/mol. The van der Waals surface area contributed by atoms with Crippen molar-refractivity contribution in [2.45, 2.75) is 0 Å². The summed E-state index contributed by atoms with van der Waals surface area (Å²) in [6, 6.07) is 68.2. The van der Waals surface area contributed by atoms with E-state index in [1.54, 1.807) is 0 Å². The molecule has 5 heterocycles. The van der Waals surface area contributed by atoms with E-state index < -0.39 is 0 Å². The standard InChI is InChI=1S/C54H31N5/c1-2-14-32(15-3-1)57-46-24-12-7-19-39(46)50-36-27-29-49-51(37(36)26-28-48(50)57)40-20-8-13-25-47(40)58(49)33-30-41-34-16-4-5-18-38(34)52-54(56-44-22-10-9-21-43(44)55-52)59-45-23-11-6-17-35(45)42(31-33)53(41)59/h1-31H. The van der Waals surface area contributed by atoms with Gasteiger partial charge in [-0.25, -0.2) is 9.97 Å². The number of para-hydroxylation sites is 6. The lowest BCUT2D eigenvalue weighted by atomic mass is 9.95. The molecule has 5 nitrogen and oxygen atoms in total. The van der Waals surface area contributed by atoms with Crippen LogP contribution in [0.5, 0.6) is 0 Å². The molecule has 13 aromatic rings. The van der Waals surface area contributed by atoms with Crippen molar-refractivity contribution in [3.05, 3.63) is 188 Å². The first-order chi connectivity index (χ1) is 29.3. The molecule has 0 radical (unpaired) electrons. The quantitative estimate of drug-likeness (QED) is 0.177. The predicted molar refractivity (Wildman–Crippen MR) is 244 cm³/mol. The van der Waals surface area contributed by atoms with Gasteiger partial charge in [0.25, 0.3) is 0 Å². The minimum Gasteiger partial charge on any atom is -0.309 e. The second-order valence-corrected chi connectivity index (χ2v) is 15.7. The summed E-state index contributed by atoms with van der Waals surface area (Å²) in [5, 5.41) is 9.92. The van der Waals surface area contributed by atoms with Gasteiger partial charge in [0.1, 0.15) is 5.69 Å². The van der Waals surface area contributed by atoms with Crippen LogP contribution in [-0.2, 0) is 0 Å². The highest BCUT2D eigenvalue weighted by Gasteiger charge is 2.28. The molecule has 14 rings (SSSR count). The third-order valence-electron chi connectivity index (χ3n) is 12.7. The second-order valence-electron chi connectivity index (χ2n) is 15.7. The third-order valence-corrected chi connectivity index (χ3v) is 12.7. The Bertz CT molecular complexity index is 3960. The van der Waals surface area contributed by atoms with E-state index in [1.165, 1.54) is 65.2 Å². The van der Waals surface area contributed by atoms with Gasteiger partial charge in [-0.05, 0) is 83.1 Å². The minimum atomic E-state index is 0.858. The molecule has 0 fully saturated rings. The Morgan fingerprint density at radius 3 is 1.51 bits per heavy atom. The van der Waals surface area contributed by atoms with Crippen LogP contribution in [-0.4, -0.2) is 23.7 Å². The van der Waals surface area contributed by atoms with Gasteiger partial charge in [0.15, 0.2) is 5.82 Å². The molecule has 4 aromatic heterocycles. The van der Waals surface area contributed by atoms with Gasteiger partial charge in [-0.3, -0.25) is 4.57 Å². The van der Waals surface area contributed by atoms with E-state index in [2.05, 4.69) is 190 Å². The summed E-state index contributed by atoms with van der Waals surface area (Å²) < 4.78 is 7.24. The zero-order valence-corrected chi connectivity index (χ0v) is 31.6. The van der Waals surface area contributed by atoms with Crippen LogP contribution >= 0.6 is 0 Å². The largest absolute Gasteiger partial charge is 0.309 e. The molecule has 59 heavy (non-hydrogen) atoms. The summed E-state index contributed by atoms with van der Waals surface area (Å²) in [4.78, 5) is 10.7. The van der Waals surface area contributed by atoms with Gasteiger partial charge < -0.3 is 9.13 Å². The maximum absolute atomic E-state index is 5.36. The first kappa shape index (κ1) is 31.1. The normalized spacial score (nSPS) is 12.4. The molecule has 1 aliphatic rings. The van der Waals surface area contributed by atoms with E-state index in [0.717, 1.165) is 61.6 Å². The average Bonchev–Trinajstić information content (AvgIpc) is 3.92. The summed E-state index contributed by atoms with van der Waals surface area (Å²) in [5.41, 5.74) is 15.4. The number of aromatic nitrogens is 5.